The molecule has 0 fully saturated rings. The topological polar surface area (TPSA) is 90.5 Å². The standard InChI is InChI=1S/C23H22ClN5O3S/c1-4-19(21(30)25-15-10-9-14(2)16(24)13-15)33-23-27-26-20-22(31)28(11-12-29(20)23)17-7-5-6-8-18(17)32-3/h5-13,19H,4H2,1-3H3,(H,25,30)/t19-/m0/s1. The molecule has 10 heteroatoms. The molecule has 1 amide bonds. The second kappa shape index (κ2) is 9.68. The lowest BCUT2D eigenvalue weighted by molar-refractivity contribution is -0.115. The van der Waals surface area contributed by atoms with Crippen molar-refractivity contribution in [2.75, 3.05) is 12.4 Å². The van der Waals surface area contributed by atoms with Crippen molar-refractivity contribution in [3.8, 4) is 11.4 Å². The molecule has 2 heterocycles. The van der Waals surface area contributed by atoms with Crippen molar-refractivity contribution in [1.29, 1.82) is 0 Å². The number of fused-ring (bicyclic) bond motifs is 1. The summed E-state index contributed by atoms with van der Waals surface area (Å²) in [6.45, 7) is 3.81. The summed E-state index contributed by atoms with van der Waals surface area (Å²) in [6, 6.07) is 12.6. The largest absolute Gasteiger partial charge is 0.495 e. The summed E-state index contributed by atoms with van der Waals surface area (Å²) in [7, 11) is 1.55. The van der Waals surface area contributed by atoms with E-state index in [0.29, 0.717) is 33.7 Å². The maximum atomic E-state index is 13.1. The van der Waals surface area contributed by atoms with Crippen LogP contribution in [0.25, 0.3) is 11.3 Å². The number of hydrogen-bond acceptors (Lipinski definition) is 6. The number of aryl methyl sites for hydroxylation is 1. The highest BCUT2D eigenvalue weighted by atomic mass is 35.5. The van der Waals surface area contributed by atoms with Gasteiger partial charge in [-0.1, -0.05) is 48.5 Å². The average Bonchev–Trinajstić information content (AvgIpc) is 3.23. The Labute approximate surface area is 199 Å². The van der Waals surface area contributed by atoms with Crippen molar-refractivity contribution in [3.05, 3.63) is 75.8 Å². The van der Waals surface area contributed by atoms with Gasteiger partial charge in [0.1, 0.15) is 5.75 Å². The number of thioether (sulfide) groups is 1. The predicted molar refractivity (Wildman–Crippen MR) is 130 cm³/mol. The van der Waals surface area contributed by atoms with Gasteiger partial charge >= 0.3 is 5.56 Å². The number of amides is 1. The van der Waals surface area contributed by atoms with Crippen LogP contribution in [0.5, 0.6) is 5.75 Å². The molecule has 4 rings (SSSR count). The Morgan fingerprint density at radius 3 is 2.73 bits per heavy atom. The molecule has 0 aliphatic rings. The van der Waals surface area contributed by atoms with Gasteiger partial charge in [-0.15, -0.1) is 10.2 Å². The number of carbonyl (C=O) groups is 1. The number of para-hydroxylation sites is 2. The quantitative estimate of drug-likeness (QED) is 0.393. The fourth-order valence-corrected chi connectivity index (χ4v) is 4.42. The van der Waals surface area contributed by atoms with Crippen molar-refractivity contribution in [2.45, 2.75) is 30.7 Å². The molecule has 0 saturated heterocycles. The maximum absolute atomic E-state index is 13.1. The Morgan fingerprint density at radius 1 is 1.21 bits per heavy atom. The highest BCUT2D eigenvalue weighted by molar-refractivity contribution is 8.00. The number of nitrogens with zero attached hydrogens (tertiary/aromatic N) is 4. The molecule has 0 radical (unpaired) electrons. The number of ether oxygens (including phenoxy) is 1. The molecular weight excluding hydrogens is 462 g/mol. The van der Waals surface area contributed by atoms with Crippen LogP contribution >= 0.6 is 23.4 Å². The number of benzene rings is 2. The van der Waals surface area contributed by atoms with Crippen LogP contribution in [0.1, 0.15) is 18.9 Å². The van der Waals surface area contributed by atoms with Gasteiger partial charge < -0.3 is 10.1 Å². The van der Waals surface area contributed by atoms with E-state index in [1.54, 1.807) is 42.1 Å². The van der Waals surface area contributed by atoms with Crippen molar-refractivity contribution in [1.82, 2.24) is 19.2 Å². The second-order valence-corrected chi connectivity index (χ2v) is 8.87. The van der Waals surface area contributed by atoms with Gasteiger partial charge in [-0.3, -0.25) is 18.6 Å². The van der Waals surface area contributed by atoms with E-state index in [0.717, 1.165) is 5.56 Å². The summed E-state index contributed by atoms with van der Waals surface area (Å²) in [5, 5.41) is 11.7. The maximum Gasteiger partial charge on any atom is 0.300 e. The Morgan fingerprint density at radius 2 is 2.00 bits per heavy atom. The van der Waals surface area contributed by atoms with Gasteiger partial charge in [0.15, 0.2) is 5.16 Å². The molecule has 170 valence electrons. The summed E-state index contributed by atoms with van der Waals surface area (Å²) < 4.78 is 8.42. The molecule has 0 saturated carbocycles. The van der Waals surface area contributed by atoms with Gasteiger partial charge in [0.2, 0.25) is 11.6 Å². The lowest BCUT2D eigenvalue weighted by atomic mass is 10.2. The van der Waals surface area contributed by atoms with Gasteiger partial charge in [-0.05, 0) is 43.2 Å². The van der Waals surface area contributed by atoms with Gasteiger partial charge in [0.05, 0.1) is 18.0 Å². The summed E-state index contributed by atoms with van der Waals surface area (Å²) in [6.07, 6.45) is 3.90. The van der Waals surface area contributed by atoms with Crippen molar-refractivity contribution < 1.29 is 9.53 Å². The number of methoxy groups -OCH3 is 1. The monoisotopic (exact) mass is 483 g/mol. The van der Waals surface area contributed by atoms with Crippen LogP contribution in [0.3, 0.4) is 0 Å². The number of rotatable bonds is 7. The van der Waals surface area contributed by atoms with Crippen LogP contribution in [0.2, 0.25) is 5.02 Å². The van der Waals surface area contributed by atoms with Gasteiger partial charge in [0, 0.05) is 23.1 Å². The number of aromatic nitrogens is 4. The Balaban J connectivity index is 1.60. The zero-order valence-electron chi connectivity index (χ0n) is 18.3. The Kier molecular flexibility index (Phi) is 6.71. The highest BCUT2D eigenvalue weighted by Crippen LogP contribution is 2.27. The van der Waals surface area contributed by atoms with Crippen LogP contribution in [0, 0.1) is 6.92 Å². The first kappa shape index (κ1) is 22.9. The van der Waals surface area contributed by atoms with Crippen LogP contribution in [-0.4, -0.2) is 37.4 Å². The third kappa shape index (κ3) is 4.60. The molecule has 0 aliphatic heterocycles. The number of anilines is 1. The molecule has 8 nitrogen and oxygen atoms in total. The first-order chi connectivity index (χ1) is 15.9. The molecule has 33 heavy (non-hydrogen) atoms. The minimum Gasteiger partial charge on any atom is -0.495 e. The summed E-state index contributed by atoms with van der Waals surface area (Å²) in [5.74, 6) is 0.388. The highest BCUT2D eigenvalue weighted by Gasteiger charge is 2.22. The van der Waals surface area contributed by atoms with Gasteiger partial charge in [-0.25, -0.2) is 0 Å². The van der Waals surface area contributed by atoms with Crippen molar-refractivity contribution >= 4 is 40.6 Å². The third-order valence-electron chi connectivity index (χ3n) is 5.13. The molecule has 4 aromatic rings. The van der Waals surface area contributed by atoms with Gasteiger partial charge in [-0.2, -0.15) is 0 Å². The van der Waals surface area contributed by atoms with E-state index in [4.69, 9.17) is 16.3 Å². The Bertz CT molecular complexity index is 1380. The summed E-state index contributed by atoms with van der Waals surface area (Å²) >= 11 is 7.41. The second-order valence-electron chi connectivity index (χ2n) is 7.29. The molecule has 1 N–H and O–H groups in total. The van der Waals surface area contributed by atoms with Crippen molar-refractivity contribution in [2.24, 2.45) is 0 Å². The van der Waals surface area contributed by atoms with Crippen LogP contribution < -0.4 is 15.6 Å². The van der Waals surface area contributed by atoms with E-state index in [1.807, 2.05) is 38.1 Å². The minimum atomic E-state index is -0.436. The third-order valence-corrected chi connectivity index (χ3v) is 6.86. The average molecular weight is 484 g/mol. The fourth-order valence-electron chi connectivity index (χ4n) is 3.31. The van der Waals surface area contributed by atoms with E-state index in [-0.39, 0.29) is 17.1 Å². The molecule has 0 spiro atoms. The molecule has 2 aromatic carbocycles. The molecular formula is C23H22ClN5O3S. The lowest BCUT2D eigenvalue weighted by Crippen LogP contribution is -2.25. The fraction of sp³-hybridized carbons (Fsp3) is 0.217. The summed E-state index contributed by atoms with van der Waals surface area (Å²) in [4.78, 5) is 25.9. The number of hydrogen-bond donors (Lipinski definition) is 1. The SMILES string of the molecule is CC[C@H](Sc1nnc2c(=O)n(-c3ccccc3OC)ccn12)C(=O)Nc1ccc(C)c(Cl)c1. The van der Waals surface area contributed by atoms with Crippen LogP contribution in [-0.2, 0) is 4.79 Å². The first-order valence-corrected chi connectivity index (χ1v) is 11.5. The van der Waals surface area contributed by atoms with Gasteiger partial charge in [0.25, 0.3) is 0 Å². The summed E-state index contributed by atoms with van der Waals surface area (Å²) in [5.41, 5.74) is 1.98. The minimum absolute atomic E-state index is 0.159. The van der Waals surface area contributed by atoms with Crippen LogP contribution in [0.4, 0.5) is 5.69 Å². The molecule has 0 aliphatic carbocycles. The smallest absolute Gasteiger partial charge is 0.300 e. The Hall–Kier alpha value is -3.30. The van der Waals surface area contributed by atoms with Crippen molar-refractivity contribution in [3.63, 3.8) is 0 Å². The van der Waals surface area contributed by atoms with E-state index >= 15 is 0 Å². The number of nitrogens with one attached hydrogen (secondary N) is 1. The first-order valence-electron chi connectivity index (χ1n) is 10.3. The predicted octanol–water partition coefficient (Wildman–Crippen LogP) is 4.36. The van der Waals surface area contributed by atoms with E-state index in [9.17, 15) is 9.59 Å². The van der Waals surface area contributed by atoms with E-state index in [1.165, 1.54) is 16.3 Å². The molecule has 2 aromatic heterocycles. The van der Waals surface area contributed by atoms with Crippen LogP contribution in [0.15, 0.2) is 64.8 Å². The normalized spacial score (nSPS) is 12.0. The van der Waals surface area contributed by atoms with E-state index in [2.05, 4.69) is 15.5 Å². The zero-order chi connectivity index (χ0) is 23.5. The zero-order valence-corrected chi connectivity index (χ0v) is 19.9. The van der Waals surface area contributed by atoms with E-state index < -0.39 is 5.25 Å². The molecule has 0 unspecified atom stereocenters. The molecule has 1 atom stereocenters. The lowest BCUT2D eigenvalue weighted by Gasteiger charge is -2.14. The number of carbonyl (C=O) groups excluding carboxylic acids is 1. The number of halogens is 1. The molecule has 0 bridgehead atoms.